The molecule has 1 aromatic carbocycles. The topological polar surface area (TPSA) is 52.7 Å². The second-order valence-electron chi connectivity index (χ2n) is 6.10. The average Bonchev–Trinajstić information content (AvgIpc) is 2.60. The number of nitrogens with zero attached hydrogens (tertiary/aromatic N) is 2. The maximum absolute atomic E-state index is 12.8. The van der Waals surface area contributed by atoms with E-state index in [9.17, 15) is 9.59 Å². The monoisotopic (exact) mass is 349 g/mol. The summed E-state index contributed by atoms with van der Waals surface area (Å²) >= 11 is 1.65. The highest BCUT2D eigenvalue weighted by Crippen LogP contribution is 2.21. The van der Waals surface area contributed by atoms with Crippen molar-refractivity contribution in [1.82, 2.24) is 15.1 Å². The highest BCUT2D eigenvalue weighted by Gasteiger charge is 2.24. The molecule has 0 unspecified atom stereocenters. The van der Waals surface area contributed by atoms with Gasteiger partial charge in [0.2, 0.25) is 5.91 Å². The van der Waals surface area contributed by atoms with E-state index in [4.69, 9.17) is 0 Å². The molecular formula is C18H27N3O2S. The second kappa shape index (κ2) is 9.08. The van der Waals surface area contributed by atoms with E-state index in [1.54, 1.807) is 11.8 Å². The zero-order chi connectivity index (χ0) is 17.5. The zero-order valence-corrected chi connectivity index (χ0v) is 15.6. The van der Waals surface area contributed by atoms with E-state index in [1.165, 1.54) is 0 Å². The minimum absolute atomic E-state index is 0.0696. The van der Waals surface area contributed by atoms with Gasteiger partial charge < -0.3 is 10.2 Å². The Kier molecular flexibility index (Phi) is 7.12. The first kappa shape index (κ1) is 18.8. The van der Waals surface area contributed by atoms with E-state index < -0.39 is 0 Å². The Labute approximate surface area is 148 Å². The average molecular weight is 350 g/mol. The molecule has 6 heteroatoms. The summed E-state index contributed by atoms with van der Waals surface area (Å²) in [5.41, 5.74) is 1.80. The molecule has 1 aliphatic heterocycles. The van der Waals surface area contributed by atoms with Gasteiger partial charge in [0.05, 0.1) is 6.54 Å². The van der Waals surface area contributed by atoms with E-state index in [-0.39, 0.29) is 11.8 Å². The van der Waals surface area contributed by atoms with Crippen LogP contribution in [0, 0.1) is 6.92 Å². The predicted molar refractivity (Wildman–Crippen MR) is 98.6 cm³/mol. The lowest BCUT2D eigenvalue weighted by atomic mass is 10.1. The molecule has 2 amide bonds. The summed E-state index contributed by atoms with van der Waals surface area (Å²) in [4.78, 5) is 29.7. The van der Waals surface area contributed by atoms with Crippen molar-refractivity contribution in [2.75, 3.05) is 45.5 Å². The highest BCUT2D eigenvalue weighted by molar-refractivity contribution is 7.98. The van der Waals surface area contributed by atoms with Crippen molar-refractivity contribution < 1.29 is 9.59 Å². The lowest BCUT2D eigenvalue weighted by Gasteiger charge is -2.34. The molecule has 1 saturated heterocycles. The molecule has 2 rings (SSSR count). The fourth-order valence-electron chi connectivity index (χ4n) is 2.76. The van der Waals surface area contributed by atoms with Gasteiger partial charge >= 0.3 is 0 Å². The number of hydrogen-bond donors (Lipinski definition) is 1. The predicted octanol–water partition coefficient (Wildman–Crippen LogP) is 2.00. The number of thioether (sulfide) groups is 1. The van der Waals surface area contributed by atoms with Crippen LogP contribution in [0.3, 0.4) is 0 Å². The molecule has 0 radical (unpaired) electrons. The van der Waals surface area contributed by atoms with Gasteiger partial charge in [-0.1, -0.05) is 13.0 Å². The van der Waals surface area contributed by atoms with Gasteiger partial charge in [0, 0.05) is 43.2 Å². The maximum Gasteiger partial charge on any atom is 0.254 e. The third kappa shape index (κ3) is 4.98. The van der Waals surface area contributed by atoms with Crippen LogP contribution in [0.25, 0.3) is 0 Å². The van der Waals surface area contributed by atoms with Gasteiger partial charge in [-0.05, 0) is 37.3 Å². The Hall–Kier alpha value is -1.53. The summed E-state index contributed by atoms with van der Waals surface area (Å²) in [6.07, 6.45) is 2.96. The first-order valence-electron chi connectivity index (χ1n) is 8.48. The van der Waals surface area contributed by atoms with Crippen LogP contribution < -0.4 is 5.32 Å². The van der Waals surface area contributed by atoms with Crippen LogP contribution in [0.1, 0.15) is 29.3 Å². The van der Waals surface area contributed by atoms with Gasteiger partial charge in [-0.25, -0.2) is 0 Å². The van der Waals surface area contributed by atoms with Crippen LogP contribution in [-0.2, 0) is 4.79 Å². The molecule has 0 bridgehead atoms. The zero-order valence-electron chi connectivity index (χ0n) is 14.8. The van der Waals surface area contributed by atoms with Crippen LogP contribution in [-0.4, -0.2) is 67.1 Å². The Balaban J connectivity index is 1.90. The molecule has 0 aliphatic carbocycles. The lowest BCUT2D eigenvalue weighted by Crippen LogP contribution is -2.51. The van der Waals surface area contributed by atoms with Crippen LogP contribution >= 0.6 is 11.8 Å². The van der Waals surface area contributed by atoms with Crippen molar-refractivity contribution in [3.05, 3.63) is 29.3 Å². The summed E-state index contributed by atoms with van der Waals surface area (Å²) in [6.45, 7) is 7.99. The molecule has 24 heavy (non-hydrogen) atoms. The number of amides is 2. The number of hydrogen-bond acceptors (Lipinski definition) is 4. The van der Waals surface area contributed by atoms with Gasteiger partial charge in [-0.3, -0.25) is 14.5 Å². The number of nitrogens with one attached hydrogen (secondary N) is 1. The standard InChI is InChI=1S/C18H27N3O2S/c1-4-7-19-17(22)13-20-8-10-21(11-9-20)18(23)16-12-15(24-3)6-5-14(16)2/h5-6,12H,4,7-11,13H2,1-3H3,(H,19,22). The van der Waals surface area contributed by atoms with Gasteiger partial charge in [0.1, 0.15) is 0 Å². The van der Waals surface area contributed by atoms with Crippen molar-refractivity contribution in [1.29, 1.82) is 0 Å². The number of rotatable bonds is 6. The molecule has 0 aromatic heterocycles. The quantitative estimate of drug-likeness (QED) is 0.798. The van der Waals surface area contributed by atoms with E-state index in [2.05, 4.69) is 10.2 Å². The van der Waals surface area contributed by atoms with Crippen molar-refractivity contribution in [3.8, 4) is 0 Å². The molecule has 0 saturated carbocycles. The van der Waals surface area contributed by atoms with E-state index >= 15 is 0 Å². The van der Waals surface area contributed by atoms with E-state index in [0.29, 0.717) is 19.6 Å². The first-order valence-corrected chi connectivity index (χ1v) is 9.70. The lowest BCUT2D eigenvalue weighted by molar-refractivity contribution is -0.122. The Morgan fingerprint density at radius 1 is 1.21 bits per heavy atom. The fraction of sp³-hybridized carbons (Fsp3) is 0.556. The van der Waals surface area contributed by atoms with Crippen molar-refractivity contribution in [3.63, 3.8) is 0 Å². The molecule has 1 fully saturated rings. The minimum Gasteiger partial charge on any atom is -0.355 e. The molecule has 0 spiro atoms. The summed E-state index contributed by atoms with van der Waals surface area (Å²) in [5, 5.41) is 2.90. The summed E-state index contributed by atoms with van der Waals surface area (Å²) in [5.74, 6) is 0.165. The van der Waals surface area contributed by atoms with Gasteiger partial charge in [-0.15, -0.1) is 11.8 Å². The third-order valence-electron chi connectivity index (χ3n) is 4.27. The highest BCUT2D eigenvalue weighted by atomic mass is 32.2. The van der Waals surface area contributed by atoms with Crippen LogP contribution in [0.4, 0.5) is 0 Å². The molecule has 1 aliphatic rings. The number of aryl methyl sites for hydroxylation is 1. The Bertz CT molecular complexity index is 584. The summed E-state index contributed by atoms with van der Waals surface area (Å²) in [6, 6.07) is 6.03. The minimum atomic E-state index is 0.0696. The molecule has 0 atom stereocenters. The van der Waals surface area contributed by atoms with Gasteiger partial charge in [0.15, 0.2) is 0 Å². The molecule has 1 aromatic rings. The summed E-state index contributed by atoms with van der Waals surface area (Å²) < 4.78 is 0. The smallest absolute Gasteiger partial charge is 0.254 e. The SMILES string of the molecule is CCCNC(=O)CN1CCN(C(=O)c2cc(SC)ccc2C)CC1. The molecule has 5 nitrogen and oxygen atoms in total. The fourth-order valence-corrected chi connectivity index (χ4v) is 3.20. The molecule has 132 valence electrons. The van der Waals surface area contributed by atoms with E-state index in [0.717, 1.165) is 42.1 Å². The largest absolute Gasteiger partial charge is 0.355 e. The van der Waals surface area contributed by atoms with Gasteiger partial charge in [0.25, 0.3) is 5.91 Å². The molecular weight excluding hydrogens is 322 g/mol. The Morgan fingerprint density at radius 2 is 1.92 bits per heavy atom. The third-order valence-corrected chi connectivity index (χ3v) is 5.00. The number of carbonyl (C=O) groups is 2. The van der Waals surface area contributed by atoms with Gasteiger partial charge in [-0.2, -0.15) is 0 Å². The Morgan fingerprint density at radius 3 is 2.54 bits per heavy atom. The maximum atomic E-state index is 12.8. The second-order valence-corrected chi connectivity index (χ2v) is 6.98. The molecule has 1 N–H and O–H groups in total. The van der Waals surface area contributed by atoms with E-state index in [1.807, 2.05) is 43.2 Å². The summed E-state index contributed by atoms with van der Waals surface area (Å²) in [7, 11) is 0. The van der Waals surface area contributed by atoms with Crippen LogP contribution in [0.2, 0.25) is 0 Å². The number of benzene rings is 1. The van der Waals surface area contributed by atoms with Crippen molar-refractivity contribution >= 4 is 23.6 Å². The number of carbonyl (C=O) groups excluding carboxylic acids is 2. The van der Waals surface area contributed by atoms with Crippen LogP contribution in [0.15, 0.2) is 23.1 Å². The normalized spacial score (nSPS) is 15.4. The van der Waals surface area contributed by atoms with Crippen LogP contribution in [0.5, 0.6) is 0 Å². The first-order chi connectivity index (χ1) is 11.5. The van der Waals surface area contributed by atoms with Crippen molar-refractivity contribution in [2.24, 2.45) is 0 Å². The molecule has 1 heterocycles. The number of piperazine rings is 1. The van der Waals surface area contributed by atoms with Crippen molar-refractivity contribution in [2.45, 2.75) is 25.2 Å².